The number of hydrogen-bond donors (Lipinski definition) is 2. The molecule has 0 radical (unpaired) electrons. The van der Waals surface area contributed by atoms with Gasteiger partial charge >= 0.3 is 6.03 Å². The molecule has 22 heavy (non-hydrogen) atoms. The molecule has 0 aliphatic heterocycles. The van der Waals surface area contributed by atoms with E-state index in [9.17, 15) is 4.79 Å². The number of hydrogen-bond acceptors (Lipinski definition) is 6. The topological polar surface area (TPSA) is 92.9 Å². The molecule has 7 nitrogen and oxygen atoms in total. The summed E-state index contributed by atoms with van der Waals surface area (Å²) >= 11 is 1.59. The predicted molar refractivity (Wildman–Crippen MR) is 80.9 cm³/mol. The molecule has 2 N–H and O–H groups in total. The van der Waals surface area contributed by atoms with E-state index in [2.05, 4.69) is 25.8 Å². The van der Waals surface area contributed by atoms with Gasteiger partial charge in [0.25, 0.3) is 0 Å². The van der Waals surface area contributed by atoms with Gasteiger partial charge in [-0.2, -0.15) is 4.98 Å². The monoisotopic (exact) mass is 315 g/mol. The molecule has 0 saturated heterocycles. The summed E-state index contributed by atoms with van der Waals surface area (Å²) in [5.74, 6) is 0.725. The van der Waals surface area contributed by atoms with Crippen LogP contribution in [0.5, 0.6) is 0 Å². The number of aromatic nitrogens is 3. The maximum atomic E-state index is 11.7. The fourth-order valence-corrected chi connectivity index (χ4v) is 2.37. The van der Waals surface area contributed by atoms with Gasteiger partial charge in [-0.25, -0.2) is 4.79 Å². The van der Waals surface area contributed by atoms with Crippen molar-refractivity contribution in [3.8, 4) is 11.5 Å². The normalized spacial score (nSPS) is 10.4. The molecule has 0 atom stereocenters. The van der Waals surface area contributed by atoms with E-state index in [1.54, 1.807) is 23.6 Å². The zero-order chi connectivity index (χ0) is 15.2. The van der Waals surface area contributed by atoms with Crippen LogP contribution in [0.3, 0.4) is 0 Å². The van der Waals surface area contributed by atoms with Crippen molar-refractivity contribution in [1.29, 1.82) is 0 Å². The van der Waals surface area contributed by atoms with Gasteiger partial charge in [0.1, 0.15) is 5.69 Å². The molecule has 0 fully saturated rings. The van der Waals surface area contributed by atoms with Crippen LogP contribution in [-0.2, 0) is 13.1 Å². The maximum absolute atomic E-state index is 11.7. The molecule has 0 aromatic carbocycles. The number of carbonyl (C=O) groups is 1. The van der Waals surface area contributed by atoms with Gasteiger partial charge in [-0.3, -0.25) is 4.98 Å². The van der Waals surface area contributed by atoms with Crippen molar-refractivity contribution in [1.82, 2.24) is 25.8 Å². The maximum Gasteiger partial charge on any atom is 0.315 e. The van der Waals surface area contributed by atoms with Gasteiger partial charge < -0.3 is 15.2 Å². The van der Waals surface area contributed by atoms with E-state index in [0.717, 1.165) is 4.88 Å². The summed E-state index contributed by atoms with van der Waals surface area (Å²) < 4.78 is 5.08. The van der Waals surface area contributed by atoms with E-state index in [1.165, 1.54) is 0 Å². The van der Waals surface area contributed by atoms with Crippen molar-refractivity contribution >= 4 is 17.4 Å². The molecule has 0 bridgehead atoms. The van der Waals surface area contributed by atoms with Crippen LogP contribution < -0.4 is 10.6 Å². The van der Waals surface area contributed by atoms with Crippen molar-refractivity contribution in [3.05, 3.63) is 52.7 Å². The summed E-state index contributed by atoms with van der Waals surface area (Å²) in [5.41, 5.74) is 0.625. The van der Waals surface area contributed by atoms with E-state index in [1.807, 2.05) is 29.6 Å². The molecular weight excluding hydrogens is 302 g/mol. The minimum atomic E-state index is -0.286. The molecule has 8 heteroatoms. The minimum Gasteiger partial charge on any atom is -0.337 e. The van der Waals surface area contributed by atoms with Crippen LogP contribution in [-0.4, -0.2) is 21.2 Å². The Balaban J connectivity index is 1.49. The Morgan fingerprint density at radius 2 is 2.09 bits per heavy atom. The molecule has 0 spiro atoms. The lowest BCUT2D eigenvalue weighted by Gasteiger charge is -2.03. The number of carbonyl (C=O) groups excluding carboxylic acids is 1. The summed E-state index contributed by atoms with van der Waals surface area (Å²) in [7, 11) is 0. The fourth-order valence-electron chi connectivity index (χ4n) is 1.72. The average Bonchev–Trinajstić information content (AvgIpc) is 3.23. The average molecular weight is 315 g/mol. The van der Waals surface area contributed by atoms with Gasteiger partial charge in [0, 0.05) is 11.1 Å². The fraction of sp³-hybridized carbons (Fsp3) is 0.143. The molecule has 3 heterocycles. The van der Waals surface area contributed by atoms with Gasteiger partial charge in [-0.05, 0) is 23.6 Å². The number of urea groups is 1. The number of amides is 2. The van der Waals surface area contributed by atoms with Crippen LogP contribution in [0.25, 0.3) is 11.5 Å². The van der Waals surface area contributed by atoms with E-state index in [-0.39, 0.29) is 12.6 Å². The first-order chi connectivity index (χ1) is 10.8. The van der Waals surface area contributed by atoms with E-state index in [4.69, 9.17) is 4.52 Å². The van der Waals surface area contributed by atoms with Gasteiger partial charge in [-0.1, -0.05) is 17.3 Å². The SMILES string of the molecule is O=C(NCc1nc(-c2ccccn2)no1)NCc1cccs1. The quantitative estimate of drug-likeness (QED) is 0.753. The highest BCUT2D eigenvalue weighted by atomic mass is 32.1. The van der Waals surface area contributed by atoms with Crippen molar-refractivity contribution in [3.63, 3.8) is 0 Å². The third-order valence-corrected chi connectivity index (χ3v) is 3.64. The van der Waals surface area contributed by atoms with Gasteiger partial charge in [0.2, 0.25) is 11.7 Å². The van der Waals surface area contributed by atoms with Crippen LogP contribution in [0.15, 0.2) is 46.4 Å². The zero-order valence-corrected chi connectivity index (χ0v) is 12.3. The molecule has 0 aliphatic carbocycles. The number of rotatable bonds is 5. The number of pyridine rings is 1. The standard InChI is InChI=1S/C14H13N5O2S/c20-14(16-8-10-4-3-7-22-10)17-9-12-18-13(19-21-12)11-5-1-2-6-15-11/h1-7H,8-9H2,(H2,16,17,20). The lowest BCUT2D eigenvalue weighted by molar-refractivity contribution is 0.238. The molecule has 3 aromatic heterocycles. The van der Waals surface area contributed by atoms with Crippen LogP contribution >= 0.6 is 11.3 Å². The molecule has 3 aromatic rings. The molecule has 0 aliphatic rings. The van der Waals surface area contributed by atoms with E-state index < -0.39 is 0 Å². The molecule has 0 saturated carbocycles. The smallest absolute Gasteiger partial charge is 0.315 e. The summed E-state index contributed by atoms with van der Waals surface area (Å²) in [6.45, 7) is 0.655. The van der Waals surface area contributed by atoms with Crippen molar-refractivity contribution in [2.75, 3.05) is 0 Å². The summed E-state index contributed by atoms with van der Waals surface area (Å²) in [6, 6.07) is 9.05. The lowest BCUT2D eigenvalue weighted by Crippen LogP contribution is -2.34. The van der Waals surface area contributed by atoms with Gasteiger partial charge in [-0.15, -0.1) is 11.3 Å². The van der Waals surface area contributed by atoms with Crippen LogP contribution in [0.4, 0.5) is 4.79 Å². The van der Waals surface area contributed by atoms with Crippen LogP contribution in [0.2, 0.25) is 0 Å². The molecule has 0 unspecified atom stereocenters. The van der Waals surface area contributed by atoms with Crippen molar-refractivity contribution < 1.29 is 9.32 Å². The summed E-state index contributed by atoms with van der Waals surface area (Å²) in [5, 5.41) is 11.2. The minimum absolute atomic E-state index is 0.163. The number of thiophene rings is 1. The highest BCUT2D eigenvalue weighted by Crippen LogP contribution is 2.11. The molecule has 2 amide bonds. The Labute approximate surface area is 130 Å². The van der Waals surface area contributed by atoms with Gasteiger partial charge in [0.15, 0.2) is 0 Å². The van der Waals surface area contributed by atoms with E-state index >= 15 is 0 Å². The van der Waals surface area contributed by atoms with Crippen molar-refractivity contribution in [2.24, 2.45) is 0 Å². The Bertz CT molecular complexity index is 727. The summed E-state index contributed by atoms with van der Waals surface area (Å²) in [6.07, 6.45) is 1.65. The zero-order valence-electron chi connectivity index (χ0n) is 11.5. The lowest BCUT2D eigenvalue weighted by atomic mass is 10.3. The second kappa shape index (κ2) is 6.81. The molecule has 3 rings (SSSR count). The number of nitrogens with one attached hydrogen (secondary N) is 2. The Hall–Kier alpha value is -2.74. The largest absolute Gasteiger partial charge is 0.337 e. The predicted octanol–water partition coefficient (Wildman–Crippen LogP) is 2.19. The molecule has 112 valence electrons. The Morgan fingerprint density at radius 3 is 2.86 bits per heavy atom. The highest BCUT2D eigenvalue weighted by Gasteiger charge is 2.10. The highest BCUT2D eigenvalue weighted by molar-refractivity contribution is 7.09. The second-order valence-corrected chi connectivity index (χ2v) is 5.37. The first-order valence-corrected chi connectivity index (χ1v) is 7.47. The second-order valence-electron chi connectivity index (χ2n) is 4.34. The third kappa shape index (κ3) is 3.67. The third-order valence-electron chi connectivity index (χ3n) is 2.77. The van der Waals surface area contributed by atoms with Crippen LogP contribution in [0, 0.1) is 0 Å². The first kappa shape index (κ1) is 14.2. The number of nitrogens with zero attached hydrogens (tertiary/aromatic N) is 3. The Morgan fingerprint density at radius 1 is 1.18 bits per heavy atom. The van der Waals surface area contributed by atoms with Crippen molar-refractivity contribution in [2.45, 2.75) is 13.1 Å². The van der Waals surface area contributed by atoms with E-state index in [0.29, 0.717) is 24.0 Å². The van der Waals surface area contributed by atoms with Gasteiger partial charge in [0.05, 0.1) is 13.1 Å². The van der Waals surface area contributed by atoms with Crippen LogP contribution in [0.1, 0.15) is 10.8 Å². The molecular formula is C14H13N5O2S. The summed E-state index contributed by atoms with van der Waals surface area (Å²) in [4.78, 5) is 21.1. The Kier molecular flexibility index (Phi) is 4.40. The first-order valence-electron chi connectivity index (χ1n) is 6.59.